The lowest BCUT2D eigenvalue weighted by molar-refractivity contribution is -0.133. The van der Waals surface area contributed by atoms with Gasteiger partial charge in [0.05, 0.1) is 0 Å². The Bertz CT molecular complexity index is 845. The average molecular weight is 388 g/mol. The second-order valence-electron chi connectivity index (χ2n) is 8.57. The fourth-order valence-electron chi connectivity index (χ4n) is 4.10. The lowest BCUT2D eigenvalue weighted by Crippen LogP contribution is -2.50. The number of amides is 3. The van der Waals surface area contributed by atoms with Gasteiger partial charge in [0.25, 0.3) is 5.91 Å². The molecule has 2 fully saturated rings. The predicted octanol–water partition coefficient (Wildman–Crippen LogP) is 3.83. The topological polar surface area (TPSA) is 88.3 Å². The van der Waals surface area contributed by atoms with Crippen molar-refractivity contribution in [2.45, 2.75) is 58.5 Å². The second kappa shape index (κ2) is 6.44. The third kappa shape index (κ3) is 3.26. The van der Waals surface area contributed by atoms with Gasteiger partial charge in [-0.1, -0.05) is 25.9 Å². The molecule has 3 amide bonds. The monoisotopic (exact) mass is 388 g/mol. The van der Waals surface area contributed by atoms with Crippen LogP contribution in [0.15, 0.2) is 21.3 Å². The van der Waals surface area contributed by atoms with E-state index in [0.29, 0.717) is 24.6 Å². The Morgan fingerprint density at radius 1 is 1.33 bits per heavy atom. The molecule has 4 rings (SSSR count). The minimum absolute atomic E-state index is 0.00620. The van der Waals surface area contributed by atoms with Crippen LogP contribution in [-0.2, 0) is 11.3 Å². The van der Waals surface area contributed by atoms with E-state index in [1.54, 1.807) is 11.3 Å². The number of rotatable bonds is 3. The van der Waals surface area contributed by atoms with E-state index in [2.05, 4.69) is 36.2 Å². The molecule has 27 heavy (non-hydrogen) atoms. The minimum atomic E-state index is -0.769. The first kappa shape index (κ1) is 18.2. The van der Waals surface area contributed by atoms with E-state index in [1.807, 2.05) is 16.8 Å². The maximum Gasteiger partial charge on any atom is 0.325 e. The van der Waals surface area contributed by atoms with E-state index in [-0.39, 0.29) is 29.8 Å². The molecule has 1 saturated heterocycles. The van der Waals surface area contributed by atoms with Crippen LogP contribution in [-0.4, -0.2) is 32.5 Å². The van der Waals surface area contributed by atoms with Crippen molar-refractivity contribution in [2.24, 2.45) is 11.3 Å². The van der Waals surface area contributed by atoms with Crippen LogP contribution in [0.25, 0.3) is 11.4 Å². The number of carbonyl (C=O) groups excluding carboxylic acids is 2. The first-order valence-corrected chi connectivity index (χ1v) is 10.2. The van der Waals surface area contributed by atoms with Crippen molar-refractivity contribution in [1.29, 1.82) is 0 Å². The van der Waals surface area contributed by atoms with Crippen molar-refractivity contribution in [1.82, 2.24) is 20.4 Å². The Kier molecular flexibility index (Phi) is 4.33. The lowest BCUT2D eigenvalue weighted by Gasteiger charge is -2.40. The number of imide groups is 1. The van der Waals surface area contributed by atoms with E-state index in [1.165, 1.54) is 4.90 Å². The second-order valence-corrected chi connectivity index (χ2v) is 9.35. The number of nitrogens with one attached hydrogen (secondary N) is 1. The summed E-state index contributed by atoms with van der Waals surface area (Å²) in [6, 6.07) is 1.53. The zero-order valence-corrected chi connectivity index (χ0v) is 16.6. The summed E-state index contributed by atoms with van der Waals surface area (Å²) in [5.74, 6) is 1.12. The standard InChI is InChI=1S/C19H24N4O3S/c1-18(2,3)13-4-7-19(8-5-13)16(24)23(17(25)21-19)10-14-20-15(22-26-14)12-6-9-27-11-12/h6,9,11,13H,4-5,7-8,10H2,1-3H3,(H,21,25). The van der Waals surface area contributed by atoms with Gasteiger partial charge in [0, 0.05) is 10.9 Å². The third-order valence-corrected chi connectivity index (χ3v) is 6.53. The average Bonchev–Trinajstić information content (AvgIpc) is 3.33. The molecule has 0 bridgehead atoms. The maximum absolute atomic E-state index is 13.0. The van der Waals surface area contributed by atoms with Crippen molar-refractivity contribution in [3.63, 3.8) is 0 Å². The Hall–Kier alpha value is -2.22. The van der Waals surface area contributed by atoms with Crippen molar-refractivity contribution in [3.8, 4) is 11.4 Å². The van der Waals surface area contributed by atoms with Gasteiger partial charge in [-0.2, -0.15) is 16.3 Å². The SMILES string of the molecule is CC(C)(C)C1CCC2(CC1)NC(=O)N(Cc1nc(-c3ccsc3)no1)C2=O. The Balaban J connectivity index is 1.46. The van der Waals surface area contributed by atoms with Crippen LogP contribution in [0.5, 0.6) is 0 Å². The van der Waals surface area contributed by atoms with Gasteiger partial charge in [0.15, 0.2) is 0 Å². The molecule has 1 N–H and O–H groups in total. The fourth-order valence-corrected chi connectivity index (χ4v) is 4.73. The van der Waals surface area contributed by atoms with Crippen molar-refractivity contribution in [2.75, 3.05) is 0 Å². The van der Waals surface area contributed by atoms with Crippen molar-refractivity contribution < 1.29 is 14.1 Å². The molecule has 2 aromatic rings. The number of hydrogen-bond acceptors (Lipinski definition) is 6. The van der Waals surface area contributed by atoms with Gasteiger partial charge in [-0.25, -0.2) is 4.79 Å². The predicted molar refractivity (Wildman–Crippen MR) is 101 cm³/mol. The van der Waals surface area contributed by atoms with Gasteiger partial charge in [-0.15, -0.1) is 0 Å². The molecule has 3 heterocycles. The van der Waals surface area contributed by atoms with Crippen LogP contribution < -0.4 is 5.32 Å². The summed E-state index contributed by atoms with van der Waals surface area (Å²) in [5, 5.41) is 10.7. The normalized spacial score (nSPS) is 26.0. The number of thiophene rings is 1. The van der Waals surface area contributed by atoms with E-state index >= 15 is 0 Å². The quantitative estimate of drug-likeness (QED) is 0.808. The van der Waals surface area contributed by atoms with Crippen LogP contribution >= 0.6 is 11.3 Å². The molecule has 2 aromatic heterocycles. The molecule has 7 nitrogen and oxygen atoms in total. The first-order chi connectivity index (χ1) is 12.8. The minimum Gasteiger partial charge on any atom is -0.337 e. The largest absolute Gasteiger partial charge is 0.337 e. The summed E-state index contributed by atoms with van der Waals surface area (Å²) in [4.78, 5) is 31.1. The van der Waals surface area contributed by atoms with Crippen LogP contribution in [0.1, 0.15) is 52.3 Å². The fraction of sp³-hybridized carbons (Fsp3) is 0.579. The highest BCUT2D eigenvalue weighted by Gasteiger charge is 2.53. The third-order valence-electron chi connectivity index (χ3n) is 5.85. The number of aromatic nitrogens is 2. The number of hydrogen-bond donors (Lipinski definition) is 1. The summed E-state index contributed by atoms with van der Waals surface area (Å²) in [7, 11) is 0. The van der Waals surface area contributed by atoms with Crippen LogP contribution in [0.3, 0.4) is 0 Å². The molecule has 0 radical (unpaired) electrons. The summed E-state index contributed by atoms with van der Waals surface area (Å²) in [5.41, 5.74) is 0.313. The molecule has 0 unspecified atom stereocenters. The van der Waals surface area contributed by atoms with Crippen LogP contribution in [0.4, 0.5) is 4.79 Å². The first-order valence-electron chi connectivity index (χ1n) is 9.28. The Morgan fingerprint density at radius 3 is 2.70 bits per heavy atom. The maximum atomic E-state index is 13.0. The molecule has 0 aromatic carbocycles. The molecular weight excluding hydrogens is 364 g/mol. The molecule has 1 saturated carbocycles. The Labute approximate surface area is 162 Å². The van der Waals surface area contributed by atoms with Crippen LogP contribution in [0.2, 0.25) is 0 Å². The number of nitrogens with zero attached hydrogens (tertiary/aromatic N) is 3. The van der Waals surface area contributed by atoms with Crippen molar-refractivity contribution in [3.05, 3.63) is 22.7 Å². The summed E-state index contributed by atoms with van der Waals surface area (Å²) in [6.07, 6.45) is 3.23. The number of urea groups is 1. The van der Waals surface area contributed by atoms with E-state index in [4.69, 9.17) is 4.52 Å². The van der Waals surface area contributed by atoms with Gasteiger partial charge in [0.2, 0.25) is 11.7 Å². The van der Waals surface area contributed by atoms with E-state index in [0.717, 1.165) is 18.4 Å². The smallest absolute Gasteiger partial charge is 0.325 e. The van der Waals surface area contributed by atoms with Gasteiger partial charge in [0.1, 0.15) is 12.1 Å². The highest BCUT2D eigenvalue weighted by Crippen LogP contribution is 2.43. The molecule has 1 aliphatic heterocycles. The molecule has 1 aliphatic carbocycles. The highest BCUT2D eigenvalue weighted by molar-refractivity contribution is 7.08. The zero-order chi connectivity index (χ0) is 19.2. The van der Waals surface area contributed by atoms with Gasteiger partial charge in [-0.3, -0.25) is 9.69 Å². The van der Waals surface area contributed by atoms with Gasteiger partial charge < -0.3 is 9.84 Å². The van der Waals surface area contributed by atoms with Gasteiger partial charge >= 0.3 is 6.03 Å². The molecule has 1 spiro atoms. The molecule has 144 valence electrons. The number of carbonyl (C=O) groups is 2. The highest BCUT2D eigenvalue weighted by atomic mass is 32.1. The molecule has 8 heteroatoms. The zero-order valence-electron chi connectivity index (χ0n) is 15.8. The van der Waals surface area contributed by atoms with Crippen molar-refractivity contribution >= 4 is 23.3 Å². The summed E-state index contributed by atoms with van der Waals surface area (Å²) >= 11 is 1.54. The summed E-state index contributed by atoms with van der Waals surface area (Å²) < 4.78 is 5.25. The Morgan fingerprint density at radius 2 is 2.07 bits per heavy atom. The lowest BCUT2D eigenvalue weighted by atomic mass is 9.67. The van der Waals surface area contributed by atoms with Crippen LogP contribution in [0, 0.1) is 11.3 Å². The molecule has 0 atom stereocenters. The molecule has 2 aliphatic rings. The summed E-state index contributed by atoms with van der Waals surface area (Å²) in [6.45, 7) is 6.71. The molecular formula is C19H24N4O3S. The van der Waals surface area contributed by atoms with E-state index in [9.17, 15) is 9.59 Å². The van der Waals surface area contributed by atoms with Gasteiger partial charge in [-0.05, 0) is 48.5 Å². The van der Waals surface area contributed by atoms with E-state index < -0.39 is 5.54 Å².